The second-order valence-corrected chi connectivity index (χ2v) is 4.37. The van der Waals surface area contributed by atoms with Crippen LogP contribution in [-0.4, -0.2) is 59.4 Å². The Morgan fingerprint density at radius 1 is 1.56 bits per heavy atom. The fourth-order valence-electron chi connectivity index (χ4n) is 2.16. The maximum absolute atomic E-state index is 9.01. The minimum atomic E-state index is 0.257. The molecule has 0 radical (unpaired) electrons. The summed E-state index contributed by atoms with van der Waals surface area (Å²) in [6, 6.07) is 2.35. The molecule has 1 saturated heterocycles. The Bertz CT molecular complexity index is 302. The van der Waals surface area contributed by atoms with Gasteiger partial charge in [0.05, 0.1) is 5.69 Å². The van der Waals surface area contributed by atoms with Gasteiger partial charge < -0.3 is 14.5 Å². The molecule has 1 fully saturated rings. The highest BCUT2D eigenvalue weighted by molar-refractivity contribution is 4.96. The van der Waals surface area contributed by atoms with Crippen LogP contribution in [0.4, 0.5) is 0 Å². The number of nitrogens with zero attached hydrogens (tertiary/aromatic N) is 3. The molecule has 0 aromatic carbocycles. The van der Waals surface area contributed by atoms with Gasteiger partial charge in [0.2, 0.25) is 0 Å². The molecule has 2 heterocycles. The van der Waals surface area contributed by atoms with Crippen LogP contribution in [0.25, 0.3) is 0 Å². The van der Waals surface area contributed by atoms with E-state index in [2.05, 4.69) is 22.0 Å². The number of hydrogen-bond acceptors (Lipinski definition) is 5. The third kappa shape index (κ3) is 2.81. The topological polar surface area (TPSA) is 52.7 Å². The lowest BCUT2D eigenvalue weighted by Gasteiger charge is -2.39. The summed E-state index contributed by atoms with van der Waals surface area (Å²) >= 11 is 0. The van der Waals surface area contributed by atoms with Gasteiger partial charge in [0.1, 0.15) is 6.26 Å². The first-order valence-corrected chi connectivity index (χ1v) is 5.72. The summed E-state index contributed by atoms with van der Waals surface area (Å²) in [7, 11) is 2.12. The highest BCUT2D eigenvalue weighted by Crippen LogP contribution is 2.13. The minimum absolute atomic E-state index is 0.257. The SMILES string of the molecule is CN1CCN(Cc2ccon2)C[C@@H]1CCO. The van der Waals surface area contributed by atoms with E-state index in [-0.39, 0.29) is 6.61 Å². The molecule has 1 aromatic rings. The number of aliphatic hydroxyl groups excluding tert-OH is 1. The van der Waals surface area contributed by atoms with Crippen LogP contribution in [0.5, 0.6) is 0 Å². The Morgan fingerprint density at radius 3 is 3.12 bits per heavy atom. The zero-order valence-corrected chi connectivity index (χ0v) is 9.67. The molecule has 0 amide bonds. The van der Waals surface area contributed by atoms with Crippen molar-refractivity contribution < 1.29 is 9.63 Å². The van der Waals surface area contributed by atoms with E-state index in [4.69, 9.17) is 9.63 Å². The standard InChI is InChI=1S/C11H19N3O2/c1-13-4-5-14(9-11(13)2-6-15)8-10-3-7-16-12-10/h3,7,11,15H,2,4-6,8-9H2,1H3/t11-/m0/s1. The quantitative estimate of drug-likeness (QED) is 0.792. The van der Waals surface area contributed by atoms with Crippen molar-refractivity contribution in [1.29, 1.82) is 0 Å². The van der Waals surface area contributed by atoms with E-state index in [1.807, 2.05) is 6.07 Å². The molecular formula is C11H19N3O2. The average molecular weight is 225 g/mol. The fourth-order valence-corrected chi connectivity index (χ4v) is 2.16. The smallest absolute Gasteiger partial charge is 0.124 e. The van der Waals surface area contributed by atoms with Crippen molar-refractivity contribution in [1.82, 2.24) is 15.0 Å². The summed E-state index contributed by atoms with van der Waals surface area (Å²) in [4.78, 5) is 4.67. The van der Waals surface area contributed by atoms with E-state index in [9.17, 15) is 0 Å². The average Bonchev–Trinajstić information content (AvgIpc) is 2.76. The zero-order chi connectivity index (χ0) is 11.4. The van der Waals surface area contributed by atoms with Crippen LogP contribution in [-0.2, 0) is 6.54 Å². The molecule has 90 valence electrons. The highest BCUT2D eigenvalue weighted by atomic mass is 16.5. The summed E-state index contributed by atoms with van der Waals surface area (Å²) in [5.41, 5.74) is 0.979. The highest BCUT2D eigenvalue weighted by Gasteiger charge is 2.24. The predicted octanol–water partition coefficient (Wildman–Crippen LogP) is 0.173. The van der Waals surface area contributed by atoms with Crippen LogP contribution in [0.1, 0.15) is 12.1 Å². The molecule has 5 nitrogen and oxygen atoms in total. The molecule has 1 atom stereocenters. The molecular weight excluding hydrogens is 206 g/mol. The van der Waals surface area contributed by atoms with E-state index in [0.29, 0.717) is 6.04 Å². The molecule has 0 aliphatic carbocycles. The second kappa shape index (κ2) is 5.43. The molecule has 0 bridgehead atoms. The van der Waals surface area contributed by atoms with Crippen LogP contribution >= 0.6 is 0 Å². The first-order valence-electron chi connectivity index (χ1n) is 5.72. The Balaban J connectivity index is 1.87. The van der Waals surface area contributed by atoms with Gasteiger partial charge in [-0.1, -0.05) is 5.16 Å². The van der Waals surface area contributed by atoms with Gasteiger partial charge in [-0.25, -0.2) is 0 Å². The van der Waals surface area contributed by atoms with Gasteiger partial charge >= 0.3 is 0 Å². The lowest BCUT2D eigenvalue weighted by Crippen LogP contribution is -2.51. The Morgan fingerprint density at radius 2 is 2.44 bits per heavy atom. The van der Waals surface area contributed by atoms with Crippen molar-refractivity contribution in [2.45, 2.75) is 19.0 Å². The van der Waals surface area contributed by atoms with Crippen LogP contribution in [0.3, 0.4) is 0 Å². The van der Waals surface area contributed by atoms with Gasteiger partial charge in [0.25, 0.3) is 0 Å². The maximum atomic E-state index is 9.01. The Kier molecular flexibility index (Phi) is 3.93. The molecule has 1 aliphatic rings. The third-order valence-corrected chi connectivity index (χ3v) is 3.20. The van der Waals surface area contributed by atoms with Gasteiger partial charge in [0.15, 0.2) is 0 Å². The molecule has 0 saturated carbocycles. The monoisotopic (exact) mass is 225 g/mol. The van der Waals surface area contributed by atoms with Crippen molar-refractivity contribution in [2.24, 2.45) is 0 Å². The van der Waals surface area contributed by atoms with Crippen LogP contribution in [0.2, 0.25) is 0 Å². The third-order valence-electron chi connectivity index (χ3n) is 3.20. The number of rotatable bonds is 4. The molecule has 1 aliphatic heterocycles. The van der Waals surface area contributed by atoms with Crippen molar-refractivity contribution >= 4 is 0 Å². The number of aromatic nitrogens is 1. The predicted molar refractivity (Wildman–Crippen MR) is 59.9 cm³/mol. The molecule has 2 rings (SSSR count). The van der Waals surface area contributed by atoms with Gasteiger partial charge in [0, 0.05) is 44.9 Å². The zero-order valence-electron chi connectivity index (χ0n) is 9.67. The normalized spacial score (nSPS) is 23.8. The maximum Gasteiger partial charge on any atom is 0.124 e. The van der Waals surface area contributed by atoms with Gasteiger partial charge in [-0.3, -0.25) is 4.90 Å². The Hall–Kier alpha value is -0.910. The summed E-state index contributed by atoms with van der Waals surface area (Å²) in [6.07, 6.45) is 2.45. The summed E-state index contributed by atoms with van der Waals surface area (Å²) in [5, 5.41) is 12.9. The van der Waals surface area contributed by atoms with E-state index >= 15 is 0 Å². The minimum Gasteiger partial charge on any atom is -0.396 e. The van der Waals surface area contributed by atoms with E-state index < -0.39 is 0 Å². The lowest BCUT2D eigenvalue weighted by molar-refractivity contribution is 0.0730. The largest absolute Gasteiger partial charge is 0.396 e. The number of hydrogen-bond donors (Lipinski definition) is 1. The van der Waals surface area contributed by atoms with E-state index in [1.54, 1.807) is 6.26 Å². The Labute approximate surface area is 95.6 Å². The van der Waals surface area contributed by atoms with E-state index in [0.717, 1.165) is 38.3 Å². The molecule has 0 spiro atoms. The molecule has 1 N–H and O–H groups in total. The van der Waals surface area contributed by atoms with Crippen molar-refractivity contribution in [3.8, 4) is 0 Å². The van der Waals surface area contributed by atoms with Crippen LogP contribution < -0.4 is 0 Å². The van der Waals surface area contributed by atoms with E-state index in [1.165, 1.54) is 0 Å². The molecule has 5 heteroatoms. The number of aliphatic hydroxyl groups is 1. The summed E-state index contributed by atoms with van der Waals surface area (Å²) in [5.74, 6) is 0. The van der Waals surface area contributed by atoms with Gasteiger partial charge in [-0.2, -0.15) is 0 Å². The van der Waals surface area contributed by atoms with Crippen LogP contribution in [0.15, 0.2) is 16.9 Å². The fraction of sp³-hybridized carbons (Fsp3) is 0.727. The lowest BCUT2D eigenvalue weighted by atomic mass is 10.1. The summed E-state index contributed by atoms with van der Waals surface area (Å²) < 4.78 is 4.82. The van der Waals surface area contributed by atoms with Gasteiger partial charge in [-0.05, 0) is 13.5 Å². The van der Waals surface area contributed by atoms with Crippen molar-refractivity contribution in [2.75, 3.05) is 33.3 Å². The first kappa shape index (κ1) is 11.6. The first-order chi connectivity index (χ1) is 7.79. The second-order valence-electron chi connectivity index (χ2n) is 4.37. The molecule has 1 aromatic heterocycles. The summed E-state index contributed by atoms with van der Waals surface area (Å²) in [6.45, 7) is 4.18. The molecule has 0 unspecified atom stereocenters. The number of likely N-dealkylation sites (N-methyl/N-ethyl adjacent to an activating group) is 1. The van der Waals surface area contributed by atoms with Crippen molar-refractivity contribution in [3.63, 3.8) is 0 Å². The molecule has 16 heavy (non-hydrogen) atoms. The van der Waals surface area contributed by atoms with Crippen molar-refractivity contribution in [3.05, 3.63) is 18.0 Å². The van der Waals surface area contributed by atoms with Crippen LogP contribution in [0, 0.1) is 0 Å². The van der Waals surface area contributed by atoms with Gasteiger partial charge in [-0.15, -0.1) is 0 Å². The number of piperazine rings is 1.